The minimum absolute atomic E-state index is 0.0681. The van der Waals surface area contributed by atoms with Crippen LogP contribution in [0.25, 0.3) is 0 Å². The highest BCUT2D eigenvalue weighted by Gasteiger charge is 2.14. The van der Waals surface area contributed by atoms with Crippen molar-refractivity contribution in [3.05, 3.63) is 71.0 Å². The summed E-state index contributed by atoms with van der Waals surface area (Å²) in [6.07, 6.45) is 0. The fraction of sp³-hybridized carbons (Fsp3) is 0.222. The molecule has 120 valence electrons. The monoisotopic (exact) mass is 314 g/mol. The fourth-order valence-corrected chi connectivity index (χ4v) is 2.09. The summed E-state index contributed by atoms with van der Waals surface area (Å²) in [5.74, 6) is -1.44. The molecule has 0 atom stereocenters. The van der Waals surface area contributed by atoms with Crippen LogP contribution in [0.1, 0.15) is 21.5 Å². The first-order chi connectivity index (χ1) is 11.0. The second kappa shape index (κ2) is 7.54. The zero-order chi connectivity index (χ0) is 16.8. The lowest BCUT2D eigenvalue weighted by Gasteiger charge is -2.17. The Bertz CT molecular complexity index is 698. The van der Waals surface area contributed by atoms with Gasteiger partial charge in [-0.3, -0.25) is 9.59 Å². The van der Waals surface area contributed by atoms with Crippen molar-refractivity contribution in [2.45, 2.75) is 13.5 Å². The molecule has 2 aromatic rings. The molecule has 23 heavy (non-hydrogen) atoms. The summed E-state index contributed by atoms with van der Waals surface area (Å²) in [4.78, 5) is 25.4. The van der Waals surface area contributed by atoms with Crippen LogP contribution in [-0.2, 0) is 11.3 Å². The van der Waals surface area contributed by atoms with E-state index in [-0.39, 0.29) is 18.0 Å². The summed E-state index contributed by atoms with van der Waals surface area (Å²) >= 11 is 0. The molecule has 5 heteroatoms. The van der Waals surface area contributed by atoms with Gasteiger partial charge in [0.25, 0.3) is 5.91 Å². The third-order valence-corrected chi connectivity index (χ3v) is 3.48. The molecule has 0 spiro atoms. The summed E-state index contributed by atoms with van der Waals surface area (Å²) < 4.78 is 13.5. The van der Waals surface area contributed by atoms with E-state index in [0.717, 1.165) is 11.1 Å². The maximum Gasteiger partial charge on any atom is 0.254 e. The number of nitrogens with zero attached hydrogens (tertiary/aromatic N) is 1. The smallest absolute Gasteiger partial charge is 0.254 e. The summed E-state index contributed by atoms with van der Waals surface area (Å²) in [6.45, 7) is 2.28. The molecule has 4 nitrogen and oxygen atoms in total. The van der Waals surface area contributed by atoms with Crippen molar-refractivity contribution in [3.8, 4) is 0 Å². The Kier molecular flexibility index (Phi) is 5.46. The second-order valence-electron chi connectivity index (χ2n) is 5.40. The van der Waals surface area contributed by atoms with Crippen molar-refractivity contribution >= 4 is 11.8 Å². The number of halogens is 1. The van der Waals surface area contributed by atoms with Gasteiger partial charge in [-0.05, 0) is 24.6 Å². The van der Waals surface area contributed by atoms with E-state index >= 15 is 0 Å². The largest absolute Gasteiger partial charge is 0.343 e. The molecule has 0 saturated carbocycles. The van der Waals surface area contributed by atoms with Crippen LogP contribution in [0, 0.1) is 12.7 Å². The molecule has 0 aliphatic carbocycles. The molecular weight excluding hydrogens is 295 g/mol. The fourth-order valence-electron chi connectivity index (χ4n) is 2.09. The van der Waals surface area contributed by atoms with Gasteiger partial charge in [0, 0.05) is 13.6 Å². The topological polar surface area (TPSA) is 49.4 Å². The first-order valence-corrected chi connectivity index (χ1v) is 7.29. The van der Waals surface area contributed by atoms with Crippen LogP contribution in [-0.4, -0.2) is 30.3 Å². The molecule has 2 amide bonds. The summed E-state index contributed by atoms with van der Waals surface area (Å²) in [5, 5.41) is 2.45. The maximum atomic E-state index is 13.5. The number of carbonyl (C=O) groups excluding carboxylic acids is 2. The summed E-state index contributed by atoms with van der Waals surface area (Å²) in [5.41, 5.74) is 2.09. The van der Waals surface area contributed by atoms with Gasteiger partial charge in [-0.15, -0.1) is 0 Å². The molecule has 0 unspecified atom stereocenters. The van der Waals surface area contributed by atoms with E-state index in [2.05, 4.69) is 5.32 Å². The van der Waals surface area contributed by atoms with Crippen molar-refractivity contribution in [3.63, 3.8) is 0 Å². The van der Waals surface area contributed by atoms with Gasteiger partial charge in [0.15, 0.2) is 0 Å². The van der Waals surface area contributed by atoms with Crippen LogP contribution in [0.5, 0.6) is 0 Å². The lowest BCUT2D eigenvalue weighted by atomic mass is 10.1. The van der Waals surface area contributed by atoms with Gasteiger partial charge in [-0.2, -0.15) is 0 Å². The van der Waals surface area contributed by atoms with Crippen LogP contribution < -0.4 is 5.32 Å². The van der Waals surface area contributed by atoms with Gasteiger partial charge >= 0.3 is 0 Å². The highest BCUT2D eigenvalue weighted by Crippen LogP contribution is 2.07. The van der Waals surface area contributed by atoms with Gasteiger partial charge in [-0.25, -0.2) is 4.39 Å². The van der Waals surface area contributed by atoms with Crippen LogP contribution in [0.4, 0.5) is 4.39 Å². The van der Waals surface area contributed by atoms with E-state index in [9.17, 15) is 14.0 Å². The molecule has 2 rings (SSSR count). The van der Waals surface area contributed by atoms with E-state index < -0.39 is 11.7 Å². The van der Waals surface area contributed by atoms with E-state index in [0.29, 0.717) is 6.54 Å². The standard InChI is InChI=1S/C18H19FN2O2/c1-13-7-9-14(10-8-13)12-21(2)17(22)11-20-18(23)15-5-3-4-6-16(15)19/h3-10H,11-12H2,1-2H3,(H,20,23). The van der Waals surface area contributed by atoms with Crippen molar-refractivity contribution in [2.75, 3.05) is 13.6 Å². The average Bonchev–Trinajstić information content (AvgIpc) is 2.54. The molecule has 1 N–H and O–H groups in total. The van der Waals surface area contributed by atoms with Gasteiger partial charge in [0.2, 0.25) is 5.91 Å². The summed E-state index contributed by atoms with van der Waals surface area (Å²) in [7, 11) is 1.66. The lowest BCUT2D eigenvalue weighted by molar-refractivity contribution is -0.129. The molecule has 0 aliphatic rings. The van der Waals surface area contributed by atoms with E-state index in [1.54, 1.807) is 13.1 Å². The Hall–Kier alpha value is -2.69. The average molecular weight is 314 g/mol. The lowest BCUT2D eigenvalue weighted by Crippen LogP contribution is -2.38. The van der Waals surface area contributed by atoms with Crippen LogP contribution in [0.3, 0.4) is 0 Å². The molecule has 0 fully saturated rings. The number of amides is 2. The number of nitrogens with one attached hydrogen (secondary N) is 1. The first-order valence-electron chi connectivity index (χ1n) is 7.29. The molecular formula is C18H19FN2O2. The van der Waals surface area contributed by atoms with E-state index in [1.807, 2.05) is 31.2 Å². The van der Waals surface area contributed by atoms with Gasteiger partial charge in [0.1, 0.15) is 5.82 Å². The normalized spacial score (nSPS) is 10.2. The maximum absolute atomic E-state index is 13.5. The minimum Gasteiger partial charge on any atom is -0.343 e. The Morgan fingerprint density at radius 3 is 2.39 bits per heavy atom. The van der Waals surface area contributed by atoms with Crippen molar-refractivity contribution in [2.24, 2.45) is 0 Å². The zero-order valence-corrected chi connectivity index (χ0v) is 13.2. The third-order valence-electron chi connectivity index (χ3n) is 3.48. The first kappa shape index (κ1) is 16.7. The highest BCUT2D eigenvalue weighted by atomic mass is 19.1. The molecule has 2 aromatic carbocycles. The number of carbonyl (C=O) groups is 2. The summed E-state index contributed by atoms with van der Waals surface area (Å²) in [6, 6.07) is 13.5. The number of hydrogen-bond acceptors (Lipinski definition) is 2. The van der Waals surface area contributed by atoms with E-state index in [4.69, 9.17) is 0 Å². The number of hydrogen-bond donors (Lipinski definition) is 1. The van der Waals surface area contributed by atoms with Gasteiger partial charge < -0.3 is 10.2 Å². The predicted octanol–water partition coefficient (Wildman–Crippen LogP) is 2.52. The van der Waals surface area contributed by atoms with Gasteiger partial charge in [-0.1, -0.05) is 42.0 Å². The van der Waals surface area contributed by atoms with Crippen molar-refractivity contribution in [1.82, 2.24) is 10.2 Å². The van der Waals surface area contributed by atoms with Crippen LogP contribution >= 0.6 is 0 Å². The number of rotatable bonds is 5. The van der Waals surface area contributed by atoms with Gasteiger partial charge in [0.05, 0.1) is 12.1 Å². The zero-order valence-electron chi connectivity index (χ0n) is 13.2. The molecule has 0 aliphatic heterocycles. The minimum atomic E-state index is -0.606. The molecule has 0 saturated heterocycles. The van der Waals surface area contributed by atoms with Crippen LogP contribution in [0.2, 0.25) is 0 Å². The number of aryl methyl sites for hydroxylation is 1. The SMILES string of the molecule is Cc1ccc(CN(C)C(=O)CNC(=O)c2ccccc2F)cc1. The van der Waals surface area contributed by atoms with E-state index in [1.165, 1.54) is 23.1 Å². The molecule has 0 radical (unpaired) electrons. The number of benzene rings is 2. The van der Waals surface area contributed by atoms with Crippen molar-refractivity contribution < 1.29 is 14.0 Å². The third kappa shape index (κ3) is 4.64. The number of likely N-dealkylation sites (N-methyl/N-ethyl adjacent to an activating group) is 1. The molecule has 0 aromatic heterocycles. The molecule has 0 heterocycles. The quantitative estimate of drug-likeness (QED) is 0.922. The second-order valence-corrected chi connectivity index (χ2v) is 5.40. The van der Waals surface area contributed by atoms with Crippen LogP contribution in [0.15, 0.2) is 48.5 Å². The highest BCUT2D eigenvalue weighted by molar-refractivity contribution is 5.96. The Morgan fingerprint density at radius 2 is 1.74 bits per heavy atom. The molecule has 0 bridgehead atoms. The Balaban J connectivity index is 1.87. The van der Waals surface area contributed by atoms with Crippen molar-refractivity contribution in [1.29, 1.82) is 0 Å². The Morgan fingerprint density at radius 1 is 1.09 bits per heavy atom. The Labute approximate surface area is 134 Å². The predicted molar refractivity (Wildman–Crippen MR) is 86.4 cm³/mol.